The van der Waals surface area contributed by atoms with Crippen LogP contribution in [0.5, 0.6) is 0 Å². The maximum absolute atomic E-state index is 11.6. The van der Waals surface area contributed by atoms with Crippen LogP contribution in [-0.2, 0) is 9.53 Å². The van der Waals surface area contributed by atoms with Crippen molar-refractivity contribution < 1.29 is 9.53 Å². The molecule has 1 amide bonds. The second kappa shape index (κ2) is 4.28. The maximum Gasteiger partial charge on any atom is 0.236 e. The van der Waals surface area contributed by atoms with Crippen LogP contribution in [0.1, 0.15) is 13.3 Å². The van der Waals surface area contributed by atoms with Gasteiger partial charge in [0, 0.05) is 19.1 Å². The van der Waals surface area contributed by atoms with E-state index < -0.39 is 0 Å². The van der Waals surface area contributed by atoms with Gasteiger partial charge in [-0.15, -0.1) is 0 Å². The number of hydrogen-bond acceptors (Lipinski definition) is 3. The van der Waals surface area contributed by atoms with Crippen LogP contribution in [0.15, 0.2) is 0 Å². The number of nitrogens with zero attached hydrogens (tertiary/aromatic N) is 1. The topological polar surface area (TPSA) is 41.6 Å². The van der Waals surface area contributed by atoms with Gasteiger partial charge >= 0.3 is 0 Å². The van der Waals surface area contributed by atoms with Crippen molar-refractivity contribution in [2.75, 3.05) is 32.8 Å². The lowest BCUT2D eigenvalue weighted by Gasteiger charge is -2.26. The maximum atomic E-state index is 11.6. The molecule has 1 aliphatic heterocycles. The van der Waals surface area contributed by atoms with E-state index in [-0.39, 0.29) is 5.91 Å². The Morgan fingerprint density at radius 1 is 1.50 bits per heavy atom. The average Bonchev–Trinajstić information content (AvgIpc) is 2.92. The van der Waals surface area contributed by atoms with Gasteiger partial charge in [0.1, 0.15) is 0 Å². The molecule has 1 N–H and O–H groups in total. The fourth-order valence-electron chi connectivity index (χ4n) is 1.75. The summed E-state index contributed by atoms with van der Waals surface area (Å²) in [4.78, 5) is 13.5. The van der Waals surface area contributed by atoms with Crippen molar-refractivity contribution in [2.24, 2.45) is 5.92 Å². The molecule has 4 nitrogen and oxygen atoms in total. The summed E-state index contributed by atoms with van der Waals surface area (Å²) in [6, 6.07) is 0.583. The lowest BCUT2D eigenvalue weighted by atomic mass is 10.4. The number of ether oxygens (including phenoxy) is 1. The average molecular weight is 198 g/mol. The number of carbonyl (C=O) groups is 1. The highest BCUT2D eigenvalue weighted by molar-refractivity contribution is 5.78. The van der Waals surface area contributed by atoms with Gasteiger partial charge in [-0.1, -0.05) is 6.92 Å². The lowest BCUT2D eigenvalue weighted by Crippen LogP contribution is -2.45. The van der Waals surface area contributed by atoms with E-state index in [0.717, 1.165) is 19.0 Å². The minimum Gasteiger partial charge on any atom is -0.378 e. The summed E-state index contributed by atoms with van der Waals surface area (Å²) in [6.07, 6.45) is 1.22. The highest BCUT2D eigenvalue weighted by atomic mass is 16.5. The van der Waals surface area contributed by atoms with E-state index in [1.165, 1.54) is 6.42 Å². The minimum atomic E-state index is 0.215. The summed E-state index contributed by atoms with van der Waals surface area (Å²) in [7, 11) is 0. The van der Waals surface area contributed by atoms with E-state index in [1.807, 2.05) is 4.90 Å². The van der Waals surface area contributed by atoms with Gasteiger partial charge in [0.2, 0.25) is 5.91 Å². The SMILES string of the molecule is CC1CC1NCC(=O)N1CCOCC1. The van der Waals surface area contributed by atoms with Gasteiger partial charge in [-0.2, -0.15) is 0 Å². The third-order valence-corrected chi connectivity index (χ3v) is 2.99. The number of amides is 1. The normalized spacial score (nSPS) is 31.6. The Morgan fingerprint density at radius 2 is 2.14 bits per heavy atom. The first-order valence-electron chi connectivity index (χ1n) is 5.36. The first-order chi connectivity index (χ1) is 6.77. The van der Waals surface area contributed by atoms with Crippen LogP contribution >= 0.6 is 0 Å². The molecular formula is C10H18N2O2. The third-order valence-electron chi connectivity index (χ3n) is 2.99. The van der Waals surface area contributed by atoms with Crippen LogP contribution < -0.4 is 5.32 Å². The second-order valence-corrected chi connectivity index (χ2v) is 4.19. The molecule has 0 aromatic carbocycles. The molecule has 0 radical (unpaired) electrons. The molecule has 80 valence electrons. The van der Waals surface area contributed by atoms with Crippen molar-refractivity contribution in [2.45, 2.75) is 19.4 Å². The van der Waals surface area contributed by atoms with E-state index in [4.69, 9.17) is 4.74 Å². The van der Waals surface area contributed by atoms with E-state index in [2.05, 4.69) is 12.2 Å². The molecule has 14 heavy (non-hydrogen) atoms. The van der Waals surface area contributed by atoms with E-state index in [9.17, 15) is 4.79 Å². The van der Waals surface area contributed by atoms with Gasteiger partial charge < -0.3 is 15.0 Å². The van der Waals surface area contributed by atoms with Crippen molar-refractivity contribution in [3.8, 4) is 0 Å². The monoisotopic (exact) mass is 198 g/mol. The number of morpholine rings is 1. The summed E-state index contributed by atoms with van der Waals surface area (Å²) in [5.41, 5.74) is 0. The Labute approximate surface area is 84.6 Å². The van der Waals surface area contributed by atoms with Crippen molar-refractivity contribution >= 4 is 5.91 Å². The zero-order valence-electron chi connectivity index (χ0n) is 8.66. The summed E-state index contributed by atoms with van der Waals surface area (Å²) >= 11 is 0. The zero-order chi connectivity index (χ0) is 9.97. The molecule has 1 aliphatic carbocycles. The smallest absolute Gasteiger partial charge is 0.236 e. The largest absolute Gasteiger partial charge is 0.378 e. The van der Waals surface area contributed by atoms with E-state index in [0.29, 0.717) is 25.8 Å². The minimum absolute atomic E-state index is 0.215. The molecule has 0 aromatic heterocycles. The van der Waals surface area contributed by atoms with Crippen molar-refractivity contribution in [3.05, 3.63) is 0 Å². The Morgan fingerprint density at radius 3 is 2.71 bits per heavy atom. The van der Waals surface area contributed by atoms with Gasteiger partial charge in [0.25, 0.3) is 0 Å². The quantitative estimate of drug-likeness (QED) is 0.685. The Hall–Kier alpha value is -0.610. The Balaban J connectivity index is 1.66. The molecule has 1 saturated carbocycles. The first kappa shape index (κ1) is 9.93. The van der Waals surface area contributed by atoms with Crippen LogP contribution in [0.4, 0.5) is 0 Å². The van der Waals surface area contributed by atoms with Crippen molar-refractivity contribution in [1.29, 1.82) is 0 Å². The summed E-state index contributed by atoms with van der Waals surface area (Å²) in [5, 5.41) is 3.27. The Bertz CT molecular complexity index is 214. The third kappa shape index (κ3) is 2.45. The molecule has 2 fully saturated rings. The molecule has 4 heteroatoms. The molecular weight excluding hydrogens is 180 g/mol. The van der Waals surface area contributed by atoms with E-state index >= 15 is 0 Å². The van der Waals surface area contributed by atoms with Crippen LogP contribution in [-0.4, -0.2) is 49.7 Å². The zero-order valence-corrected chi connectivity index (χ0v) is 8.66. The predicted molar refractivity (Wildman–Crippen MR) is 53.0 cm³/mol. The molecule has 2 unspecified atom stereocenters. The van der Waals surface area contributed by atoms with Gasteiger partial charge in [0.05, 0.1) is 19.8 Å². The van der Waals surface area contributed by atoms with Gasteiger partial charge in [-0.3, -0.25) is 4.79 Å². The van der Waals surface area contributed by atoms with Gasteiger partial charge in [-0.05, 0) is 12.3 Å². The number of rotatable bonds is 3. The lowest BCUT2D eigenvalue weighted by molar-refractivity contribution is -0.134. The van der Waals surface area contributed by atoms with Crippen LogP contribution in [0, 0.1) is 5.92 Å². The summed E-state index contributed by atoms with van der Waals surface area (Å²) < 4.78 is 5.19. The molecule has 0 aromatic rings. The van der Waals surface area contributed by atoms with Crippen molar-refractivity contribution in [3.63, 3.8) is 0 Å². The molecule has 2 rings (SSSR count). The van der Waals surface area contributed by atoms with Crippen molar-refractivity contribution in [1.82, 2.24) is 10.2 Å². The molecule has 2 aliphatic rings. The molecule has 0 spiro atoms. The first-order valence-corrected chi connectivity index (χ1v) is 5.36. The van der Waals surface area contributed by atoms with Gasteiger partial charge in [0.15, 0.2) is 0 Å². The fraction of sp³-hybridized carbons (Fsp3) is 0.900. The highest BCUT2D eigenvalue weighted by Gasteiger charge is 2.32. The number of carbonyl (C=O) groups excluding carboxylic acids is 1. The molecule has 2 atom stereocenters. The Kier molecular flexibility index (Phi) is 3.03. The highest BCUT2D eigenvalue weighted by Crippen LogP contribution is 2.28. The predicted octanol–water partition coefficient (Wildman–Crippen LogP) is -0.157. The van der Waals surface area contributed by atoms with Crippen LogP contribution in [0.25, 0.3) is 0 Å². The van der Waals surface area contributed by atoms with Gasteiger partial charge in [-0.25, -0.2) is 0 Å². The molecule has 1 saturated heterocycles. The summed E-state index contributed by atoms with van der Waals surface area (Å²) in [5.74, 6) is 0.972. The molecule has 1 heterocycles. The van der Waals surface area contributed by atoms with Crippen LogP contribution in [0.3, 0.4) is 0 Å². The standard InChI is InChI=1S/C10H18N2O2/c1-8-6-9(8)11-7-10(13)12-2-4-14-5-3-12/h8-9,11H,2-7H2,1H3. The fourth-order valence-corrected chi connectivity index (χ4v) is 1.75. The molecule has 0 bridgehead atoms. The van der Waals surface area contributed by atoms with Crippen LogP contribution in [0.2, 0.25) is 0 Å². The number of nitrogens with one attached hydrogen (secondary N) is 1. The summed E-state index contributed by atoms with van der Waals surface area (Å²) in [6.45, 7) is 5.57. The van der Waals surface area contributed by atoms with E-state index in [1.54, 1.807) is 0 Å². The number of hydrogen-bond donors (Lipinski definition) is 1. The second-order valence-electron chi connectivity index (χ2n) is 4.19.